The predicted molar refractivity (Wildman–Crippen MR) is 91.9 cm³/mol. The van der Waals surface area contributed by atoms with Crippen molar-refractivity contribution in [1.29, 1.82) is 0 Å². The van der Waals surface area contributed by atoms with Gasteiger partial charge in [0.25, 0.3) is 5.91 Å². The molecule has 24 heavy (non-hydrogen) atoms. The minimum Gasteiger partial charge on any atom is -0.305 e. The molecule has 1 heterocycles. The van der Waals surface area contributed by atoms with E-state index in [4.69, 9.17) is 11.6 Å². The van der Waals surface area contributed by atoms with Crippen LogP contribution < -0.4 is 5.32 Å². The summed E-state index contributed by atoms with van der Waals surface area (Å²) in [6.45, 7) is 2.46. The Labute approximate surface area is 143 Å². The van der Waals surface area contributed by atoms with Crippen molar-refractivity contribution in [3.63, 3.8) is 0 Å². The highest BCUT2D eigenvalue weighted by atomic mass is 35.5. The molecule has 0 aliphatic heterocycles. The molecule has 3 aromatic rings. The number of nitrogens with zero attached hydrogens (tertiary/aromatic N) is 2. The quantitative estimate of drug-likeness (QED) is 0.768. The van der Waals surface area contributed by atoms with Crippen LogP contribution in [0.5, 0.6) is 0 Å². The van der Waals surface area contributed by atoms with Crippen molar-refractivity contribution in [2.24, 2.45) is 0 Å². The summed E-state index contributed by atoms with van der Waals surface area (Å²) in [4.78, 5) is 12.1. The van der Waals surface area contributed by atoms with Gasteiger partial charge in [0.05, 0.1) is 6.54 Å². The molecule has 0 fully saturated rings. The number of amides is 1. The van der Waals surface area contributed by atoms with Gasteiger partial charge in [-0.1, -0.05) is 23.7 Å². The van der Waals surface area contributed by atoms with Gasteiger partial charge < -0.3 is 5.32 Å². The van der Waals surface area contributed by atoms with E-state index in [1.165, 1.54) is 24.3 Å². The van der Waals surface area contributed by atoms with Crippen molar-refractivity contribution in [2.45, 2.75) is 13.5 Å². The SMILES string of the molecule is Cc1cc(NC(=O)c2ccc(F)cc2)nn1Cc1cccc(Cl)c1. The van der Waals surface area contributed by atoms with Crippen LogP contribution in [0.1, 0.15) is 21.6 Å². The number of benzene rings is 2. The topological polar surface area (TPSA) is 46.9 Å². The van der Waals surface area contributed by atoms with Crippen LogP contribution in [0.3, 0.4) is 0 Å². The van der Waals surface area contributed by atoms with Gasteiger partial charge in [0.1, 0.15) is 5.82 Å². The Morgan fingerprint density at radius 1 is 1.21 bits per heavy atom. The molecule has 0 aliphatic carbocycles. The molecule has 1 N–H and O–H groups in total. The van der Waals surface area contributed by atoms with E-state index in [0.717, 1.165) is 11.3 Å². The molecule has 0 spiro atoms. The lowest BCUT2D eigenvalue weighted by Crippen LogP contribution is -2.13. The van der Waals surface area contributed by atoms with E-state index in [-0.39, 0.29) is 11.7 Å². The molecule has 1 aromatic heterocycles. The van der Waals surface area contributed by atoms with Crippen LogP contribution in [0, 0.1) is 12.7 Å². The van der Waals surface area contributed by atoms with Crippen LogP contribution in [0.15, 0.2) is 54.6 Å². The Bertz CT molecular complexity index is 874. The van der Waals surface area contributed by atoms with Crippen molar-refractivity contribution in [1.82, 2.24) is 9.78 Å². The van der Waals surface area contributed by atoms with E-state index in [0.29, 0.717) is 22.9 Å². The summed E-state index contributed by atoms with van der Waals surface area (Å²) in [7, 11) is 0. The Kier molecular flexibility index (Phi) is 4.62. The van der Waals surface area contributed by atoms with Crippen LogP contribution in [0.4, 0.5) is 10.2 Å². The second-order valence-electron chi connectivity index (χ2n) is 5.42. The van der Waals surface area contributed by atoms with Gasteiger partial charge in [0.2, 0.25) is 0 Å². The Balaban J connectivity index is 1.74. The van der Waals surface area contributed by atoms with Crippen LogP contribution in [-0.4, -0.2) is 15.7 Å². The number of hydrogen-bond acceptors (Lipinski definition) is 2. The predicted octanol–water partition coefficient (Wildman–Crippen LogP) is 4.28. The number of nitrogens with one attached hydrogen (secondary N) is 1. The van der Waals surface area contributed by atoms with Crippen molar-refractivity contribution in [3.05, 3.63) is 82.3 Å². The third-order valence-electron chi connectivity index (χ3n) is 3.55. The zero-order chi connectivity index (χ0) is 17.1. The molecule has 0 unspecified atom stereocenters. The van der Waals surface area contributed by atoms with E-state index in [1.807, 2.05) is 31.2 Å². The third kappa shape index (κ3) is 3.81. The fourth-order valence-electron chi connectivity index (χ4n) is 2.33. The molecule has 3 rings (SSSR count). The number of rotatable bonds is 4. The summed E-state index contributed by atoms with van der Waals surface area (Å²) in [5.41, 5.74) is 2.30. The largest absolute Gasteiger partial charge is 0.305 e. The summed E-state index contributed by atoms with van der Waals surface area (Å²) in [6, 6.07) is 14.7. The minimum atomic E-state index is -0.381. The van der Waals surface area contributed by atoms with Gasteiger partial charge >= 0.3 is 0 Å². The van der Waals surface area contributed by atoms with Crippen molar-refractivity contribution < 1.29 is 9.18 Å². The lowest BCUT2D eigenvalue weighted by molar-refractivity contribution is 0.102. The molecule has 122 valence electrons. The Hall–Kier alpha value is -2.66. The molecule has 4 nitrogen and oxygen atoms in total. The van der Waals surface area contributed by atoms with Crippen LogP contribution in [0.2, 0.25) is 5.02 Å². The average Bonchev–Trinajstić information content (AvgIpc) is 2.87. The number of carbonyl (C=O) groups is 1. The average molecular weight is 344 g/mol. The molecule has 0 bridgehead atoms. The molecule has 6 heteroatoms. The fourth-order valence-corrected chi connectivity index (χ4v) is 2.54. The van der Waals surface area contributed by atoms with E-state index in [1.54, 1.807) is 10.7 Å². The second kappa shape index (κ2) is 6.84. The first-order valence-electron chi connectivity index (χ1n) is 7.37. The lowest BCUT2D eigenvalue weighted by atomic mass is 10.2. The van der Waals surface area contributed by atoms with Gasteiger partial charge in [0.15, 0.2) is 5.82 Å². The van der Waals surface area contributed by atoms with Gasteiger partial charge in [-0.2, -0.15) is 5.10 Å². The van der Waals surface area contributed by atoms with Gasteiger partial charge in [-0.15, -0.1) is 0 Å². The molecular formula is C18H15ClFN3O. The summed E-state index contributed by atoms with van der Waals surface area (Å²) in [5, 5.41) is 7.77. The number of halogens is 2. The van der Waals surface area contributed by atoms with E-state index in [9.17, 15) is 9.18 Å². The third-order valence-corrected chi connectivity index (χ3v) is 3.79. The maximum Gasteiger partial charge on any atom is 0.256 e. The van der Waals surface area contributed by atoms with Crippen molar-refractivity contribution in [2.75, 3.05) is 5.32 Å². The summed E-state index contributed by atoms with van der Waals surface area (Å²) in [5.74, 6) is -0.264. The number of aryl methyl sites for hydroxylation is 1. The smallest absolute Gasteiger partial charge is 0.256 e. The number of hydrogen-bond donors (Lipinski definition) is 1. The van der Waals surface area contributed by atoms with Crippen LogP contribution in [0.25, 0.3) is 0 Å². The molecule has 0 saturated heterocycles. The first kappa shape index (κ1) is 16.2. The summed E-state index contributed by atoms with van der Waals surface area (Å²) >= 11 is 5.99. The van der Waals surface area contributed by atoms with Gasteiger partial charge in [-0.05, 0) is 48.9 Å². The zero-order valence-corrected chi connectivity index (χ0v) is 13.7. The maximum absolute atomic E-state index is 12.9. The fraction of sp³-hybridized carbons (Fsp3) is 0.111. The van der Waals surface area contributed by atoms with Gasteiger partial charge in [0, 0.05) is 22.3 Å². The second-order valence-corrected chi connectivity index (χ2v) is 5.86. The first-order valence-corrected chi connectivity index (χ1v) is 7.75. The highest BCUT2D eigenvalue weighted by Gasteiger charge is 2.10. The monoisotopic (exact) mass is 343 g/mol. The van der Waals surface area contributed by atoms with E-state index in [2.05, 4.69) is 10.4 Å². The van der Waals surface area contributed by atoms with Crippen LogP contribution >= 0.6 is 11.6 Å². The van der Waals surface area contributed by atoms with E-state index >= 15 is 0 Å². The maximum atomic E-state index is 12.9. The molecule has 0 radical (unpaired) electrons. The minimum absolute atomic E-state index is 0.331. The Morgan fingerprint density at radius 2 is 1.96 bits per heavy atom. The molecule has 0 aliphatic rings. The zero-order valence-electron chi connectivity index (χ0n) is 13.0. The lowest BCUT2D eigenvalue weighted by Gasteiger charge is -2.05. The van der Waals surface area contributed by atoms with Gasteiger partial charge in [-0.3, -0.25) is 9.48 Å². The molecule has 2 aromatic carbocycles. The molecular weight excluding hydrogens is 329 g/mol. The van der Waals surface area contributed by atoms with Crippen molar-refractivity contribution in [3.8, 4) is 0 Å². The highest BCUT2D eigenvalue weighted by molar-refractivity contribution is 6.30. The molecule has 1 amide bonds. The van der Waals surface area contributed by atoms with E-state index < -0.39 is 0 Å². The number of anilines is 1. The number of aromatic nitrogens is 2. The Morgan fingerprint density at radius 3 is 2.67 bits per heavy atom. The van der Waals surface area contributed by atoms with Gasteiger partial charge in [-0.25, -0.2) is 4.39 Å². The standard InChI is InChI=1S/C18H15ClFN3O/c1-12-9-17(21-18(24)14-5-7-16(20)8-6-14)22-23(12)11-13-3-2-4-15(19)10-13/h2-10H,11H2,1H3,(H,21,22,24). The summed E-state index contributed by atoms with van der Waals surface area (Å²) in [6.07, 6.45) is 0. The molecule has 0 saturated carbocycles. The number of carbonyl (C=O) groups excluding carboxylic acids is 1. The highest BCUT2D eigenvalue weighted by Crippen LogP contribution is 2.15. The van der Waals surface area contributed by atoms with Crippen LogP contribution in [-0.2, 0) is 6.54 Å². The van der Waals surface area contributed by atoms with Crippen molar-refractivity contribution >= 4 is 23.3 Å². The molecule has 0 atom stereocenters. The normalized spacial score (nSPS) is 10.6. The summed E-state index contributed by atoms with van der Waals surface area (Å²) < 4.78 is 14.7. The first-order chi connectivity index (χ1) is 11.5.